The van der Waals surface area contributed by atoms with Gasteiger partial charge in [-0.3, -0.25) is 4.79 Å². The van der Waals surface area contributed by atoms with E-state index < -0.39 is 24.0 Å². The van der Waals surface area contributed by atoms with Gasteiger partial charge in [0, 0.05) is 0 Å². The van der Waals surface area contributed by atoms with Crippen LogP contribution in [0.15, 0.2) is 18.2 Å². The number of hydrogen-bond donors (Lipinski definition) is 3. The first kappa shape index (κ1) is 16.0. The van der Waals surface area contributed by atoms with E-state index in [0.717, 1.165) is 11.1 Å². The molecule has 20 heavy (non-hydrogen) atoms. The van der Waals surface area contributed by atoms with Crippen molar-refractivity contribution in [3.05, 3.63) is 29.3 Å². The van der Waals surface area contributed by atoms with E-state index >= 15 is 0 Å². The first-order valence-electron chi connectivity index (χ1n) is 6.22. The largest absolute Gasteiger partial charge is 0.483 e. The Balaban J connectivity index is 2.62. The number of aliphatic hydroxyl groups excluding tert-OH is 1. The van der Waals surface area contributed by atoms with Gasteiger partial charge in [-0.25, -0.2) is 4.79 Å². The molecule has 6 heteroatoms. The van der Waals surface area contributed by atoms with E-state index in [2.05, 4.69) is 5.32 Å². The summed E-state index contributed by atoms with van der Waals surface area (Å²) in [4.78, 5) is 22.5. The fourth-order valence-corrected chi connectivity index (χ4v) is 1.77. The molecule has 0 aliphatic carbocycles. The van der Waals surface area contributed by atoms with Crippen LogP contribution >= 0.6 is 0 Å². The molecule has 0 radical (unpaired) electrons. The molecule has 0 heterocycles. The lowest BCUT2D eigenvalue weighted by atomic mass is 10.1. The minimum absolute atomic E-state index is 0.303. The van der Waals surface area contributed by atoms with Crippen molar-refractivity contribution in [3.8, 4) is 5.75 Å². The van der Waals surface area contributed by atoms with Gasteiger partial charge in [0.25, 0.3) is 5.91 Å². The Bertz CT molecular complexity index is 478. The molecule has 0 aliphatic rings. The van der Waals surface area contributed by atoms with Crippen LogP contribution in [-0.2, 0) is 9.59 Å². The van der Waals surface area contributed by atoms with Crippen LogP contribution < -0.4 is 10.1 Å². The maximum Gasteiger partial charge on any atom is 0.328 e. The number of aliphatic hydroxyl groups is 1. The molecule has 110 valence electrons. The summed E-state index contributed by atoms with van der Waals surface area (Å²) in [5.74, 6) is -1.28. The van der Waals surface area contributed by atoms with Crippen molar-refractivity contribution < 1.29 is 24.5 Å². The molecule has 2 atom stereocenters. The third-order valence-corrected chi connectivity index (χ3v) is 2.82. The van der Waals surface area contributed by atoms with E-state index in [-0.39, 0.29) is 6.61 Å². The molecule has 6 nitrogen and oxygen atoms in total. The minimum Gasteiger partial charge on any atom is -0.483 e. The highest BCUT2D eigenvalue weighted by molar-refractivity contribution is 5.84. The third kappa shape index (κ3) is 4.24. The van der Waals surface area contributed by atoms with Gasteiger partial charge in [-0.1, -0.05) is 18.2 Å². The number of aryl methyl sites for hydroxylation is 2. The van der Waals surface area contributed by atoms with Crippen molar-refractivity contribution in [1.82, 2.24) is 5.32 Å². The Morgan fingerprint density at radius 1 is 1.30 bits per heavy atom. The van der Waals surface area contributed by atoms with Gasteiger partial charge in [0.2, 0.25) is 0 Å². The first-order valence-corrected chi connectivity index (χ1v) is 6.22. The number of carbonyl (C=O) groups is 2. The lowest BCUT2D eigenvalue weighted by molar-refractivity contribution is -0.145. The molecule has 1 amide bonds. The van der Waals surface area contributed by atoms with Crippen molar-refractivity contribution >= 4 is 11.9 Å². The van der Waals surface area contributed by atoms with Gasteiger partial charge in [-0.05, 0) is 31.9 Å². The predicted molar refractivity (Wildman–Crippen MR) is 72.7 cm³/mol. The minimum atomic E-state index is -1.34. The second kappa shape index (κ2) is 6.91. The van der Waals surface area contributed by atoms with Gasteiger partial charge < -0.3 is 20.3 Å². The summed E-state index contributed by atoms with van der Waals surface area (Å²) in [6, 6.07) is 4.25. The zero-order chi connectivity index (χ0) is 15.3. The molecule has 0 saturated heterocycles. The van der Waals surface area contributed by atoms with E-state index in [1.54, 1.807) is 0 Å². The van der Waals surface area contributed by atoms with Gasteiger partial charge in [-0.2, -0.15) is 0 Å². The Morgan fingerprint density at radius 3 is 2.30 bits per heavy atom. The van der Waals surface area contributed by atoms with Crippen molar-refractivity contribution in [1.29, 1.82) is 0 Å². The number of benzene rings is 1. The van der Waals surface area contributed by atoms with Crippen LogP contribution in [0.3, 0.4) is 0 Å². The number of para-hydroxylation sites is 1. The zero-order valence-electron chi connectivity index (χ0n) is 11.7. The molecule has 0 spiro atoms. The first-order chi connectivity index (χ1) is 9.32. The molecule has 3 N–H and O–H groups in total. The maximum absolute atomic E-state index is 11.6. The van der Waals surface area contributed by atoms with Crippen molar-refractivity contribution in [2.24, 2.45) is 0 Å². The molecule has 0 fully saturated rings. The third-order valence-electron chi connectivity index (χ3n) is 2.82. The van der Waals surface area contributed by atoms with E-state index in [9.17, 15) is 14.7 Å². The van der Waals surface area contributed by atoms with Crippen LogP contribution in [0.2, 0.25) is 0 Å². The summed E-state index contributed by atoms with van der Waals surface area (Å²) < 4.78 is 5.40. The fraction of sp³-hybridized carbons (Fsp3) is 0.429. The number of carbonyl (C=O) groups excluding carboxylic acids is 1. The van der Waals surface area contributed by atoms with Crippen molar-refractivity contribution in [3.63, 3.8) is 0 Å². The van der Waals surface area contributed by atoms with Crippen molar-refractivity contribution in [2.75, 3.05) is 6.61 Å². The van der Waals surface area contributed by atoms with Crippen LogP contribution in [0.1, 0.15) is 18.1 Å². The van der Waals surface area contributed by atoms with Crippen molar-refractivity contribution in [2.45, 2.75) is 32.9 Å². The molecule has 1 aromatic carbocycles. The standard InChI is InChI=1S/C14H19NO5/c1-8-5-4-6-9(2)13(8)20-7-11(17)15-12(10(3)16)14(18)19/h4-6,10,12,16H,7H2,1-3H3,(H,15,17)(H,18,19)/t10-,12+/m1/s1. The number of amides is 1. The number of nitrogens with one attached hydrogen (secondary N) is 1. The molecule has 0 unspecified atom stereocenters. The number of aliphatic carboxylic acids is 1. The van der Waals surface area contributed by atoms with Crippen LogP contribution in [0.25, 0.3) is 0 Å². The quantitative estimate of drug-likeness (QED) is 0.711. The summed E-state index contributed by atoms with van der Waals surface area (Å²) >= 11 is 0. The summed E-state index contributed by atoms with van der Waals surface area (Å²) in [6.07, 6.45) is -1.18. The lowest BCUT2D eigenvalue weighted by Crippen LogP contribution is -2.49. The second-order valence-corrected chi connectivity index (χ2v) is 4.63. The summed E-state index contributed by atoms with van der Waals surface area (Å²) in [5, 5.41) is 20.3. The van der Waals surface area contributed by atoms with E-state index in [0.29, 0.717) is 5.75 Å². The Labute approximate surface area is 117 Å². The monoisotopic (exact) mass is 281 g/mol. The molecular weight excluding hydrogens is 262 g/mol. The van der Waals surface area contributed by atoms with Gasteiger partial charge >= 0.3 is 5.97 Å². The molecule has 0 aliphatic heterocycles. The van der Waals surface area contributed by atoms with Crippen LogP contribution in [0.5, 0.6) is 5.75 Å². The average Bonchev–Trinajstić information content (AvgIpc) is 2.34. The summed E-state index contributed by atoms with van der Waals surface area (Å²) in [7, 11) is 0. The number of ether oxygens (including phenoxy) is 1. The molecule has 1 rings (SSSR count). The molecule has 0 aromatic heterocycles. The van der Waals surface area contributed by atoms with E-state index in [1.807, 2.05) is 32.0 Å². The zero-order valence-corrected chi connectivity index (χ0v) is 11.7. The topological polar surface area (TPSA) is 95.9 Å². The number of carboxylic acid groups (broad SMARTS) is 1. The van der Waals surface area contributed by atoms with Gasteiger partial charge in [0.05, 0.1) is 6.10 Å². The van der Waals surface area contributed by atoms with E-state index in [1.165, 1.54) is 6.92 Å². The second-order valence-electron chi connectivity index (χ2n) is 4.63. The van der Waals surface area contributed by atoms with Gasteiger partial charge in [-0.15, -0.1) is 0 Å². The average molecular weight is 281 g/mol. The maximum atomic E-state index is 11.6. The Hall–Kier alpha value is -2.08. The highest BCUT2D eigenvalue weighted by Crippen LogP contribution is 2.21. The Kier molecular flexibility index (Phi) is 5.52. The highest BCUT2D eigenvalue weighted by atomic mass is 16.5. The normalized spacial score (nSPS) is 13.4. The highest BCUT2D eigenvalue weighted by Gasteiger charge is 2.25. The Morgan fingerprint density at radius 2 is 1.85 bits per heavy atom. The summed E-state index contributed by atoms with van der Waals surface area (Å²) in [6.45, 7) is 4.71. The van der Waals surface area contributed by atoms with Crippen LogP contribution in [0.4, 0.5) is 0 Å². The van der Waals surface area contributed by atoms with Gasteiger partial charge in [0.1, 0.15) is 5.75 Å². The molecular formula is C14H19NO5. The van der Waals surface area contributed by atoms with Crippen LogP contribution in [-0.4, -0.2) is 40.8 Å². The lowest BCUT2D eigenvalue weighted by Gasteiger charge is -2.17. The summed E-state index contributed by atoms with van der Waals surface area (Å²) in [5.41, 5.74) is 1.78. The number of hydrogen-bond acceptors (Lipinski definition) is 4. The predicted octanol–water partition coefficient (Wildman–Crippen LogP) is 0.632. The number of carboxylic acids is 1. The van der Waals surface area contributed by atoms with Crippen LogP contribution in [0, 0.1) is 13.8 Å². The molecule has 0 saturated carbocycles. The molecule has 1 aromatic rings. The number of rotatable bonds is 6. The van der Waals surface area contributed by atoms with Gasteiger partial charge in [0.15, 0.2) is 12.6 Å². The molecule has 0 bridgehead atoms. The van der Waals surface area contributed by atoms with E-state index in [4.69, 9.17) is 9.84 Å². The fourth-order valence-electron chi connectivity index (χ4n) is 1.77. The SMILES string of the molecule is Cc1cccc(C)c1OCC(=O)N[C@H](C(=O)O)[C@@H](C)O. The smallest absolute Gasteiger partial charge is 0.328 e.